The molecule has 1 N–H and O–H groups in total. The number of carbonyl (C=O) groups excluding carboxylic acids is 1. The molecule has 2 aromatic rings. The molecule has 3 rings (SSSR count). The van der Waals surface area contributed by atoms with Crippen LogP contribution in [0.15, 0.2) is 54.6 Å². The van der Waals surface area contributed by atoms with Gasteiger partial charge in [-0.15, -0.1) is 0 Å². The van der Waals surface area contributed by atoms with E-state index >= 15 is 0 Å². The molecule has 23 heavy (non-hydrogen) atoms. The van der Waals surface area contributed by atoms with Crippen LogP contribution in [-0.2, 0) is 16.8 Å². The van der Waals surface area contributed by atoms with Gasteiger partial charge in [-0.3, -0.25) is 4.79 Å². The minimum atomic E-state index is -0.281. The van der Waals surface area contributed by atoms with Crippen molar-refractivity contribution in [2.45, 2.75) is 31.8 Å². The Balaban J connectivity index is 2.00. The predicted octanol–water partition coefficient (Wildman–Crippen LogP) is 3.27. The van der Waals surface area contributed by atoms with Crippen molar-refractivity contribution < 1.29 is 4.79 Å². The number of hydrogen-bond donors (Lipinski definition) is 1. The van der Waals surface area contributed by atoms with E-state index in [0.29, 0.717) is 6.54 Å². The number of carbonyl (C=O) groups is 1. The van der Waals surface area contributed by atoms with Gasteiger partial charge in [0.15, 0.2) is 0 Å². The van der Waals surface area contributed by atoms with Crippen LogP contribution in [0.3, 0.4) is 0 Å². The van der Waals surface area contributed by atoms with E-state index in [1.54, 1.807) is 0 Å². The first kappa shape index (κ1) is 15.8. The lowest BCUT2D eigenvalue weighted by Crippen LogP contribution is -2.41. The number of hydrogen-bond acceptors (Lipinski definition) is 2. The fourth-order valence-electron chi connectivity index (χ4n) is 3.54. The number of benzene rings is 2. The Labute approximate surface area is 138 Å². The van der Waals surface area contributed by atoms with Crippen LogP contribution in [0.25, 0.3) is 0 Å². The summed E-state index contributed by atoms with van der Waals surface area (Å²) in [4.78, 5) is 15.1. The maximum Gasteiger partial charge on any atom is 0.244 e. The Bertz CT molecular complexity index is 694. The van der Waals surface area contributed by atoms with E-state index in [0.717, 1.165) is 17.7 Å². The van der Waals surface area contributed by atoms with Crippen molar-refractivity contribution in [3.8, 4) is 0 Å². The summed E-state index contributed by atoms with van der Waals surface area (Å²) in [7, 11) is 1.86. The number of nitrogens with zero attached hydrogens (tertiary/aromatic N) is 1. The molecule has 2 aromatic carbocycles. The maximum atomic E-state index is 13.1. The monoisotopic (exact) mass is 308 g/mol. The number of amides is 1. The highest BCUT2D eigenvalue weighted by Crippen LogP contribution is 2.35. The van der Waals surface area contributed by atoms with Crippen LogP contribution in [0.4, 0.5) is 0 Å². The van der Waals surface area contributed by atoms with E-state index in [2.05, 4.69) is 49.5 Å². The Hall–Kier alpha value is -2.13. The van der Waals surface area contributed by atoms with E-state index in [1.807, 2.05) is 36.2 Å². The third-order valence-electron chi connectivity index (χ3n) is 4.65. The maximum absolute atomic E-state index is 13.1. The van der Waals surface area contributed by atoms with Crippen molar-refractivity contribution in [2.75, 3.05) is 13.6 Å². The molecular weight excluding hydrogens is 284 g/mol. The standard InChI is InChI=1S/C20H24N2O/c1-20(2)14-22(13-15-9-5-4-6-10-15)19(23)18(21-3)16-11-7-8-12-17(16)20/h4-12,18,21H,13-14H2,1-3H3. The normalized spacial score (nSPS) is 20.0. The Morgan fingerprint density at radius 3 is 2.43 bits per heavy atom. The molecular formula is C20H24N2O. The first-order chi connectivity index (χ1) is 11.0. The van der Waals surface area contributed by atoms with Gasteiger partial charge in [0.05, 0.1) is 0 Å². The fourth-order valence-corrected chi connectivity index (χ4v) is 3.54. The highest BCUT2D eigenvalue weighted by molar-refractivity contribution is 5.85. The van der Waals surface area contributed by atoms with Crippen LogP contribution in [0, 0.1) is 0 Å². The minimum Gasteiger partial charge on any atom is -0.336 e. The molecule has 1 aliphatic heterocycles. The van der Waals surface area contributed by atoms with Gasteiger partial charge in [0.1, 0.15) is 6.04 Å². The number of rotatable bonds is 3. The van der Waals surface area contributed by atoms with Gasteiger partial charge in [-0.1, -0.05) is 68.4 Å². The molecule has 0 bridgehead atoms. The van der Waals surface area contributed by atoms with Crippen molar-refractivity contribution in [1.82, 2.24) is 10.2 Å². The number of likely N-dealkylation sites (N-methyl/N-ethyl adjacent to an activating group) is 1. The van der Waals surface area contributed by atoms with Crippen molar-refractivity contribution in [1.29, 1.82) is 0 Å². The zero-order chi connectivity index (χ0) is 16.4. The zero-order valence-electron chi connectivity index (χ0n) is 14.0. The van der Waals surface area contributed by atoms with Gasteiger partial charge in [0.2, 0.25) is 5.91 Å². The predicted molar refractivity (Wildman–Crippen MR) is 93.1 cm³/mol. The van der Waals surface area contributed by atoms with Crippen molar-refractivity contribution >= 4 is 5.91 Å². The van der Waals surface area contributed by atoms with Gasteiger partial charge in [-0.2, -0.15) is 0 Å². The molecule has 3 nitrogen and oxygen atoms in total. The van der Waals surface area contributed by atoms with Crippen LogP contribution in [-0.4, -0.2) is 24.4 Å². The summed E-state index contributed by atoms with van der Waals surface area (Å²) in [6.45, 7) is 5.80. The molecule has 120 valence electrons. The third kappa shape index (κ3) is 3.02. The molecule has 0 aliphatic carbocycles. The molecule has 1 unspecified atom stereocenters. The SMILES string of the molecule is CNC1C(=O)N(Cc2ccccc2)CC(C)(C)c2ccccc21. The van der Waals surface area contributed by atoms with Crippen LogP contribution in [0.2, 0.25) is 0 Å². The molecule has 3 heteroatoms. The second-order valence-corrected chi connectivity index (χ2v) is 6.87. The highest BCUT2D eigenvalue weighted by atomic mass is 16.2. The lowest BCUT2D eigenvalue weighted by molar-refractivity contribution is -0.134. The summed E-state index contributed by atoms with van der Waals surface area (Å²) >= 11 is 0. The average Bonchev–Trinajstić information content (AvgIpc) is 2.63. The van der Waals surface area contributed by atoms with Gasteiger partial charge in [0.25, 0.3) is 0 Å². The molecule has 1 amide bonds. The molecule has 0 radical (unpaired) electrons. The molecule has 1 atom stereocenters. The second-order valence-electron chi connectivity index (χ2n) is 6.87. The smallest absolute Gasteiger partial charge is 0.244 e. The minimum absolute atomic E-state index is 0.0768. The van der Waals surface area contributed by atoms with Crippen molar-refractivity contribution in [3.63, 3.8) is 0 Å². The van der Waals surface area contributed by atoms with Crippen LogP contribution in [0.1, 0.15) is 36.6 Å². The summed E-state index contributed by atoms with van der Waals surface area (Å²) in [6.07, 6.45) is 0. The van der Waals surface area contributed by atoms with Crippen molar-refractivity contribution in [3.05, 3.63) is 71.3 Å². The first-order valence-electron chi connectivity index (χ1n) is 8.12. The van der Waals surface area contributed by atoms with E-state index in [1.165, 1.54) is 5.56 Å². The summed E-state index contributed by atoms with van der Waals surface area (Å²) < 4.78 is 0. The second kappa shape index (κ2) is 6.17. The van der Waals surface area contributed by atoms with E-state index in [9.17, 15) is 4.79 Å². The van der Waals surface area contributed by atoms with Gasteiger partial charge < -0.3 is 10.2 Å². The lowest BCUT2D eigenvalue weighted by atomic mass is 9.81. The van der Waals surface area contributed by atoms with E-state index in [-0.39, 0.29) is 17.4 Å². The van der Waals surface area contributed by atoms with Crippen LogP contribution < -0.4 is 5.32 Å². The molecule has 1 heterocycles. The summed E-state index contributed by atoms with van der Waals surface area (Å²) in [6, 6.07) is 18.2. The van der Waals surface area contributed by atoms with E-state index in [4.69, 9.17) is 0 Å². The fraction of sp³-hybridized carbons (Fsp3) is 0.350. The number of fused-ring (bicyclic) bond motifs is 1. The zero-order valence-corrected chi connectivity index (χ0v) is 14.0. The molecule has 0 spiro atoms. The largest absolute Gasteiger partial charge is 0.336 e. The topological polar surface area (TPSA) is 32.3 Å². The Kier molecular flexibility index (Phi) is 4.22. The lowest BCUT2D eigenvalue weighted by Gasteiger charge is -2.31. The van der Waals surface area contributed by atoms with Crippen LogP contribution >= 0.6 is 0 Å². The Morgan fingerprint density at radius 2 is 1.74 bits per heavy atom. The van der Waals surface area contributed by atoms with Gasteiger partial charge >= 0.3 is 0 Å². The molecule has 0 fully saturated rings. The Morgan fingerprint density at radius 1 is 1.09 bits per heavy atom. The van der Waals surface area contributed by atoms with Gasteiger partial charge in [-0.05, 0) is 23.7 Å². The molecule has 0 aromatic heterocycles. The van der Waals surface area contributed by atoms with Crippen LogP contribution in [0.5, 0.6) is 0 Å². The van der Waals surface area contributed by atoms with Gasteiger partial charge in [0, 0.05) is 18.5 Å². The van der Waals surface area contributed by atoms with Crippen molar-refractivity contribution in [2.24, 2.45) is 0 Å². The van der Waals surface area contributed by atoms with E-state index < -0.39 is 0 Å². The quantitative estimate of drug-likeness (QED) is 0.944. The number of nitrogens with one attached hydrogen (secondary N) is 1. The molecule has 0 saturated carbocycles. The molecule has 1 aliphatic rings. The summed E-state index contributed by atoms with van der Waals surface area (Å²) in [5.74, 6) is 0.148. The summed E-state index contributed by atoms with van der Waals surface area (Å²) in [5.41, 5.74) is 3.44. The first-order valence-corrected chi connectivity index (χ1v) is 8.12. The van der Waals surface area contributed by atoms with Gasteiger partial charge in [-0.25, -0.2) is 0 Å². The molecule has 0 saturated heterocycles. The average molecular weight is 308 g/mol. The summed E-state index contributed by atoms with van der Waals surface area (Å²) in [5, 5.41) is 3.21. The highest BCUT2D eigenvalue weighted by Gasteiger charge is 2.37. The third-order valence-corrected chi connectivity index (χ3v) is 4.65.